The summed E-state index contributed by atoms with van der Waals surface area (Å²) in [5.74, 6) is 0.756. The van der Waals surface area contributed by atoms with Gasteiger partial charge in [-0.15, -0.1) is 0 Å². The summed E-state index contributed by atoms with van der Waals surface area (Å²) in [5, 5.41) is 3.36. The van der Waals surface area contributed by atoms with Crippen LogP contribution in [0.4, 0.5) is 4.39 Å². The third-order valence-corrected chi connectivity index (χ3v) is 3.92. The SMILES string of the molecule is FC(C1CCCC1)C1CCCNCC1. The Hall–Kier alpha value is -0.110. The predicted molar refractivity (Wildman–Crippen MR) is 57.1 cm³/mol. The van der Waals surface area contributed by atoms with Gasteiger partial charge >= 0.3 is 0 Å². The number of rotatable bonds is 2. The van der Waals surface area contributed by atoms with E-state index in [9.17, 15) is 4.39 Å². The van der Waals surface area contributed by atoms with Crippen LogP contribution >= 0.6 is 0 Å². The van der Waals surface area contributed by atoms with Crippen molar-refractivity contribution in [1.82, 2.24) is 5.32 Å². The van der Waals surface area contributed by atoms with Gasteiger partial charge in [0.1, 0.15) is 6.17 Å². The minimum absolute atomic E-state index is 0.355. The van der Waals surface area contributed by atoms with Crippen LogP contribution in [0.15, 0.2) is 0 Å². The van der Waals surface area contributed by atoms with E-state index >= 15 is 0 Å². The molecule has 0 aromatic rings. The lowest BCUT2D eigenvalue weighted by Crippen LogP contribution is -2.24. The van der Waals surface area contributed by atoms with Crippen molar-refractivity contribution in [2.24, 2.45) is 11.8 Å². The van der Waals surface area contributed by atoms with Crippen LogP contribution in [-0.4, -0.2) is 19.3 Å². The van der Waals surface area contributed by atoms with Gasteiger partial charge in [0.05, 0.1) is 0 Å². The fourth-order valence-electron chi connectivity index (χ4n) is 3.03. The van der Waals surface area contributed by atoms with Gasteiger partial charge in [-0.25, -0.2) is 4.39 Å². The Morgan fingerprint density at radius 3 is 2.29 bits per heavy atom. The van der Waals surface area contributed by atoms with Crippen molar-refractivity contribution in [3.63, 3.8) is 0 Å². The molecule has 0 radical (unpaired) electrons. The van der Waals surface area contributed by atoms with Gasteiger partial charge in [-0.05, 0) is 57.0 Å². The lowest BCUT2D eigenvalue weighted by Gasteiger charge is -2.23. The van der Waals surface area contributed by atoms with Crippen LogP contribution in [0.3, 0.4) is 0 Å². The van der Waals surface area contributed by atoms with Crippen molar-refractivity contribution in [2.45, 2.75) is 51.1 Å². The molecule has 0 bridgehead atoms. The molecule has 2 atom stereocenters. The predicted octanol–water partition coefficient (Wildman–Crippen LogP) is 2.90. The first-order chi connectivity index (χ1) is 6.88. The van der Waals surface area contributed by atoms with Crippen molar-refractivity contribution in [1.29, 1.82) is 0 Å². The van der Waals surface area contributed by atoms with Crippen LogP contribution in [0.5, 0.6) is 0 Å². The summed E-state index contributed by atoms with van der Waals surface area (Å²) < 4.78 is 14.1. The van der Waals surface area contributed by atoms with Crippen LogP contribution in [0, 0.1) is 11.8 Å². The summed E-state index contributed by atoms with van der Waals surface area (Å²) in [5.41, 5.74) is 0. The Balaban J connectivity index is 1.84. The zero-order valence-electron chi connectivity index (χ0n) is 8.97. The Labute approximate surface area is 86.5 Å². The van der Waals surface area contributed by atoms with Crippen LogP contribution in [-0.2, 0) is 0 Å². The van der Waals surface area contributed by atoms with E-state index in [4.69, 9.17) is 0 Å². The van der Waals surface area contributed by atoms with Crippen LogP contribution in [0.25, 0.3) is 0 Å². The zero-order valence-corrected chi connectivity index (χ0v) is 8.97. The normalized spacial score (nSPS) is 32.8. The molecule has 1 nitrogen and oxygen atoms in total. The first-order valence-corrected chi connectivity index (χ1v) is 6.22. The van der Waals surface area contributed by atoms with Gasteiger partial charge < -0.3 is 5.32 Å². The van der Waals surface area contributed by atoms with Gasteiger partial charge in [-0.1, -0.05) is 12.8 Å². The van der Waals surface area contributed by atoms with Gasteiger partial charge in [0.2, 0.25) is 0 Å². The fourth-order valence-corrected chi connectivity index (χ4v) is 3.03. The van der Waals surface area contributed by atoms with E-state index < -0.39 is 6.17 Å². The summed E-state index contributed by atoms with van der Waals surface area (Å²) in [4.78, 5) is 0. The summed E-state index contributed by atoms with van der Waals surface area (Å²) >= 11 is 0. The van der Waals surface area contributed by atoms with Gasteiger partial charge in [-0.3, -0.25) is 0 Å². The zero-order chi connectivity index (χ0) is 9.80. The van der Waals surface area contributed by atoms with Crippen LogP contribution in [0.2, 0.25) is 0 Å². The first-order valence-electron chi connectivity index (χ1n) is 6.22. The molecule has 0 amide bonds. The molecule has 0 aromatic heterocycles. The highest BCUT2D eigenvalue weighted by Gasteiger charge is 2.31. The summed E-state index contributed by atoms with van der Waals surface area (Å²) in [6.07, 6.45) is 7.63. The molecule has 2 heteroatoms. The molecule has 82 valence electrons. The number of alkyl halides is 1. The average Bonchev–Trinajstić information content (AvgIpc) is 2.59. The van der Waals surface area contributed by atoms with Crippen LogP contribution < -0.4 is 5.32 Å². The molecule has 2 fully saturated rings. The lowest BCUT2D eigenvalue weighted by molar-refractivity contribution is 0.141. The Morgan fingerprint density at radius 2 is 1.50 bits per heavy atom. The van der Waals surface area contributed by atoms with Gasteiger partial charge in [0.25, 0.3) is 0 Å². The topological polar surface area (TPSA) is 12.0 Å². The van der Waals surface area contributed by atoms with Crippen molar-refractivity contribution in [2.75, 3.05) is 13.1 Å². The standard InChI is InChI=1S/C12H22FN/c13-12(10-4-1-2-5-10)11-6-3-8-14-9-7-11/h10-12,14H,1-9H2. The highest BCUT2D eigenvalue weighted by atomic mass is 19.1. The van der Waals surface area contributed by atoms with Crippen molar-refractivity contribution in [3.8, 4) is 0 Å². The van der Waals surface area contributed by atoms with Gasteiger partial charge in [-0.2, -0.15) is 0 Å². The van der Waals surface area contributed by atoms with E-state index in [2.05, 4.69) is 5.32 Å². The maximum Gasteiger partial charge on any atom is 0.106 e. The molecule has 14 heavy (non-hydrogen) atoms. The number of hydrogen-bond donors (Lipinski definition) is 1. The van der Waals surface area contributed by atoms with E-state index in [1.54, 1.807) is 0 Å². The minimum Gasteiger partial charge on any atom is -0.317 e. The Morgan fingerprint density at radius 1 is 0.857 bits per heavy atom. The summed E-state index contributed by atoms with van der Waals surface area (Å²) in [7, 11) is 0. The third-order valence-electron chi connectivity index (χ3n) is 3.92. The summed E-state index contributed by atoms with van der Waals surface area (Å²) in [6.45, 7) is 2.12. The molecule has 0 spiro atoms. The van der Waals surface area contributed by atoms with E-state index in [0.717, 1.165) is 45.2 Å². The van der Waals surface area contributed by atoms with E-state index in [0.29, 0.717) is 11.8 Å². The van der Waals surface area contributed by atoms with Gasteiger partial charge in [0, 0.05) is 0 Å². The minimum atomic E-state index is -0.502. The molecule has 1 aliphatic carbocycles. The number of nitrogens with one attached hydrogen (secondary N) is 1. The molecule has 1 heterocycles. The molecule has 2 rings (SSSR count). The molecular weight excluding hydrogens is 177 g/mol. The maximum atomic E-state index is 14.1. The van der Waals surface area contributed by atoms with Crippen molar-refractivity contribution >= 4 is 0 Å². The molecule has 1 saturated carbocycles. The number of hydrogen-bond acceptors (Lipinski definition) is 1. The average molecular weight is 199 g/mol. The fraction of sp³-hybridized carbons (Fsp3) is 1.00. The monoisotopic (exact) mass is 199 g/mol. The quantitative estimate of drug-likeness (QED) is 0.721. The molecule has 2 aliphatic rings. The van der Waals surface area contributed by atoms with Crippen molar-refractivity contribution in [3.05, 3.63) is 0 Å². The van der Waals surface area contributed by atoms with E-state index in [-0.39, 0.29) is 0 Å². The van der Waals surface area contributed by atoms with Gasteiger partial charge in [0.15, 0.2) is 0 Å². The Kier molecular flexibility index (Phi) is 3.80. The maximum absolute atomic E-state index is 14.1. The smallest absolute Gasteiger partial charge is 0.106 e. The molecule has 0 aromatic carbocycles. The van der Waals surface area contributed by atoms with E-state index in [1.165, 1.54) is 12.8 Å². The number of halogens is 1. The summed E-state index contributed by atoms with van der Waals surface area (Å²) in [6, 6.07) is 0. The van der Waals surface area contributed by atoms with Crippen LogP contribution in [0.1, 0.15) is 44.9 Å². The molecule has 1 saturated heterocycles. The molecular formula is C12H22FN. The largest absolute Gasteiger partial charge is 0.317 e. The molecule has 1 aliphatic heterocycles. The first kappa shape index (κ1) is 10.4. The second kappa shape index (κ2) is 5.11. The lowest BCUT2D eigenvalue weighted by atomic mass is 9.86. The highest BCUT2D eigenvalue weighted by molar-refractivity contribution is 4.82. The molecule has 2 unspecified atom stereocenters. The molecule has 1 N–H and O–H groups in total. The highest BCUT2D eigenvalue weighted by Crippen LogP contribution is 2.35. The van der Waals surface area contributed by atoms with Crippen molar-refractivity contribution < 1.29 is 4.39 Å². The second-order valence-corrected chi connectivity index (χ2v) is 4.93. The Bertz CT molecular complexity index is 158. The second-order valence-electron chi connectivity index (χ2n) is 4.93. The van der Waals surface area contributed by atoms with E-state index in [1.807, 2.05) is 0 Å². The third kappa shape index (κ3) is 2.47.